The second kappa shape index (κ2) is 13.1. The molecule has 0 aliphatic carbocycles. The molecule has 0 fully saturated rings. The van der Waals surface area contributed by atoms with Gasteiger partial charge in [-0.05, 0) is 59.0 Å². The Kier molecular flexibility index (Phi) is 7.79. The molecule has 0 spiro atoms. The van der Waals surface area contributed by atoms with Crippen molar-refractivity contribution in [3.8, 4) is 45.1 Å². The molecule has 6 heteroatoms. The summed E-state index contributed by atoms with van der Waals surface area (Å²) in [6.45, 7) is 4.32. The van der Waals surface area contributed by atoms with E-state index in [0.29, 0.717) is 11.5 Å². The van der Waals surface area contributed by atoms with Gasteiger partial charge in [0.25, 0.3) is 0 Å². The van der Waals surface area contributed by atoms with Gasteiger partial charge in [0.2, 0.25) is 0 Å². The van der Waals surface area contributed by atoms with Crippen LogP contribution in [-0.2, 0) is 21.1 Å². The first-order valence-electron chi connectivity index (χ1n) is 19.3. The van der Waals surface area contributed by atoms with Crippen molar-refractivity contribution < 1.29 is 25.8 Å². The van der Waals surface area contributed by atoms with E-state index in [0.717, 1.165) is 82.9 Å². The van der Waals surface area contributed by atoms with Gasteiger partial charge in [0.1, 0.15) is 5.65 Å². The molecule has 0 bridgehead atoms. The third kappa shape index (κ3) is 4.93. The number of imidazole rings is 1. The number of aryl methyl sites for hydroxylation is 2. The zero-order valence-electron chi connectivity index (χ0n) is 31.5. The standard InChI is InChI=1S/C52H32N4O.Pt/c1-31-13-6-8-17-36(31)48-50(37-18-9-7-14-32(37)2)55-45-22-11-10-19-40(45)39-25-23-34(29-44(39)51(55)54-48)57-35-24-26-41-42-20-12-21-43-47-38(33-15-4-3-5-16-33)27-28-53-52(47)56(49(42)43)46(41)30-35;/h3-28H,1-2H3;/q-2;+2. The molecule has 12 aromatic rings. The minimum absolute atomic E-state index is 0. The van der Waals surface area contributed by atoms with E-state index in [2.05, 4.69) is 174 Å². The average Bonchev–Trinajstić information content (AvgIpc) is 3.92. The molecular formula is C52H32N4OPt. The molecule has 0 atom stereocenters. The van der Waals surface area contributed by atoms with Crippen LogP contribution in [0.25, 0.3) is 99.2 Å². The fourth-order valence-corrected chi connectivity index (χ4v) is 9.07. The predicted octanol–water partition coefficient (Wildman–Crippen LogP) is 13.2. The van der Waals surface area contributed by atoms with Crippen molar-refractivity contribution in [1.29, 1.82) is 0 Å². The van der Waals surface area contributed by atoms with Crippen LogP contribution in [0.2, 0.25) is 0 Å². The average molecular weight is 924 g/mol. The Morgan fingerprint density at radius 1 is 0.517 bits per heavy atom. The monoisotopic (exact) mass is 923 g/mol. The van der Waals surface area contributed by atoms with Crippen molar-refractivity contribution in [2.24, 2.45) is 0 Å². The van der Waals surface area contributed by atoms with Gasteiger partial charge in [-0.15, -0.1) is 29.7 Å². The molecular weight excluding hydrogens is 892 g/mol. The molecule has 0 aliphatic heterocycles. The first-order chi connectivity index (χ1) is 28.1. The molecule has 0 saturated carbocycles. The maximum Gasteiger partial charge on any atom is 2.00 e. The van der Waals surface area contributed by atoms with Gasteiger partial charge in [-0.2, -0.15) is 6.07 Å². The fourth-order valence-electron chi connectivity index (χ4n) is 9.07. The van der Waals surface area contributed by atoms with Crippen LogP contribution in [0.4, 0.5) is 0 Å². The fraction of sp³-hybridized carbons (Fsp3) is 0.0385. The van der Waals surface area contributed by atoms with E-state index in [-0.39, 0.29) is 21.1 Å². The smallest absolute Gasteiger partial charge is 0.503 e. The number of benzene rings is 7. The van der Waals surface area contributed by atoms with Gasteiger partial charge in [0.15, 0.2) is 0 Å². The van der Waals surface area contributed by atoms with Crippen LogP contribution < -0.4 is 4.74 Å². The normalized spacial score (nSPS) is 11.8. The number of nitrogens with zero attached hydrogens (tertiary/aromatic N) is 4. The summed E-state index contributed by atoms with van der Waals surface area (Å²) in [6, 6.07) is 60.5. The molecule has 0 aliphatic rings. The molecule has 0 unspecified atom stereocenters. The van der Waals surface area contributed by atoms with Crippen LogP contribution in [0.15, 0.2) is 158 Å². The Morgan fingerprint density at radius 3 is 2.00 bits per heavy atom. The molecule has 58 heavy (non-hydrogen) atoms. The summed E-state index contributed by atoms with van der Waals surface area (Å²) in [4.78, 5) is 10.4. The van der Waals surface area contributed by atoms with E-state index in [4.69, 9.17) is 14.7 Å². The second-order valence-corrected chi connectivity index (χ2v) is 14.9. The molecule has 7 aromatic carbocycles. The van der Waals surface area contributed by atoms with Crippen LogP contribution in [0, 0.1) is 26.0 Å². The van der Waals surface area contributed by atoms with E-state index in [9.17, 15) is 0 Å². The first-order valence-corrected chi connectivity index (χ1v) is 19.3. The minimum atomic E-state index is 0. The van der Waals surface area contributed by atoms with E-state index < -0.39 is 0 Å². The molecule has 0 radical (unpaired) electrons. The molecule has 276 valence electrons. The van der Waals surface area contributed by atoms with Crippen molar-refractivity contribution in [1.82, 2.24) is 18.8 Å². The Balaban J connectivity index is 0.00000385. The van der Waals surface area contributed by atoms with Crippen molar-refractivity contribution in [3.63, 3.8) is 0 Å². The van der Waals surface area contributed by atoms with Gasteiger partial charge in [-0.3, -0.25) is 4.98 Å². The number of hydrogen-bond donors (Lipinski definition) is 0. The Hall–Kier alpha value is -6.81. The van der Waals surface area contributed by atoms with Crippen molar-refractivity contribution in [3.05, 3.63) is 181 Å². The summed E-state index contributed by atoms with van der Waals surface area (Å²) < 4.78 is 11.3. The summed E-state index contributed by atoms with van der Waals surface area (Å²) >= 11 is 0. The summed E-state index contributed by atoms with van der Waals surface area (Å²) in [7, 11) is 0. The molecule has 5 aromatic heterocycles. The minimum Gasteiger partial charge on any atom is -0.503 e. The number of ether oxygens (including phenoxy) is 1. The van der Waals surface area contributed by atoms with E-state index in [1.165, 1.54) is 27.5 Å². The van der Waals surface area contributed by atoms with E-state index in [1.807, 2.05) is 18.3 Å². The number of para-hydroxylation sites is 2. The van der Waals surface area contributed by atoms with Crippen LogP contribution in [-0.4, -0.2) is 18.8 Å². The third-order valence-corrected chi connectivity index (χ3v) is 11.6. The summed E-state index contributed by atoms with van der Waals surface area (Å²) in [6.07, 6.45) is 1.91. The molecule has 5 heterocycles. The first kappa shape index (κ1) is 34.4. The van der Waals surface area contributed by atoms with Crippen molar-refractivity contribution >= 4 is 65.5 Å². The van der Waals surface area contributed by atoms with E-state index in [1.54, 1.807) is 0 Å². The Labute approximate surface area is 348 Å². The number of hydrogen-bond acceptors (Lipinski definition) is 3. The zero-order valence-corrected chi connectivity index (χ0v) is 33.8. The van der Waals surface area contributed by atoms with Crippen molar-refractivity contribution in [2.45, 2.75) is 13.8 Å². The summed E-state index contributed by atoms with van der Waals surface area (Å²) in [5, 5.41) is 7.68. The molecule has 0 N–H and O–H groups in total. The molecule has 0 saturated heterocycles. The Morgan fingerprint density at radius 2 is 1.19 bits per heavy atom. The largest absolute Gasteiger partial charge is 2.00 e. The third-order valence-electron chi connectivity index (χ3n) is 11.6. The van der Waals surface area contributed by atoms with Crippen LogP contribution >= 0.6 is 0 Å². The molecule has 0 amide bonds. The second-order valence-electron chi connectivity index (χ2n) is 14.9. The van der Waals surface area contributed by atoms with Gasteiger partial charge in [-0.1, -0.05) is 138 Å². The van der Waals surface area contributed by atoms with Gasteiger partial charge >= 0.3 is 21.1 Å². The topological polar surface area (TPSA) is 43.8 Å². The number of pyridine rings is 2. The van der Waals surface area contributed by atoms with Gasteiger partial charge < -0.3 is 13.5 Å². The molecule has 12 rings (SSSR count). The molecule has 5 nitrogen and oxygen atoms in total. The van der Waals surface area contributed by atoms with Gasteiger partial charge in [0.05, 0.1) is 17.0 Å². The number of fused-ring (bicyclic) bond motifs is 12. The van der Waals surface area contributed by atoms with Crippen LogP contribution in [0.5, 0.6) is 11.5 Å². The zero-order chi connectivity index (χ0) is 37.8. The summed E-state index contributed by atoms with van der Waals surface area (Å²) in [5.74, 6) is 1.20. The van der Waals surface area contributed by atoms with Gasteiger partial charge in [-0.25, -0.2) is 4.98 Å². The quantitative estimate of drug-likeness (QED) is 0.128. The number of aromatic nitrogens is 4. The maximum absolute atomic E-state index is 6.71. The predicted molar refractivity (Wildman–Crippen MR) is 233 cm³/mol. The van der Waals surface area contributed by atoms with Crippen LogP contribution in [0.1, 0.15) is 11.1 Å². The number of rotatable bonds is 5. The van der Waals surface area contributed by atoms with Gasteiger partial charge in [0, 0.05) is 50.6 Å². The van der Waals surface area contributed by atoms with Crippen molar-refractivity contribution in [2.75, 3.05) is 0 Å². The summed E-state index contributed by atoms with van der Waals surface area (Å²) in [5.41, 5.74) is 13.9. The van der Waals surface area contributed by atoms with E-state index >= 15 is 0 Å². The SMILES string of the molecule is Cc1ccccc1-c1nc2c3[c-]c(Oc4[c-]c5c(cc4)c4cccc6c7c(-c8ccccc8)ccnc7n5c46)ccc3c3ccccc3n2c1-c1ccccc1C.[Pt+2]. The maximum atomic E-state index is 6.71. The van der Waals surface area contributed by atoms with Crippen LogP contribution in [0.3, 0.4) is 0 Å². The Bertz CT molecular complexity index is 3580.